The van der Waals surface area contributed by atoms with Crippen molar-refractivity contribution in [1.29, 1.82) is 0 Å². The average molecular weight is 257 g/mol. The molecular formula is C13H14F3NO. The molecule has 1 aromatic carbocycles. The Bertz CT molecular complexity index is 452. The summed E-state index contributed by atoms with van der Waals surface area (Å²) in [7, 11) is 0. The Morgan fingerprint density at radius 3 is 2.56 bits per heavy atom. The molecule has 1 amide bonds. The number of hydrogen-bond acceptors (Lipinski definition) is 1. The summed E-state index contributed by atoms with van der Waals surface area (Å²) >= 11 is 0. The van der Waals surface area contributed by atoms with Crippen molar-refractivity contribution in [3.63, 3.8) is 0 Å². The number of alkyl halides is 3. The van der Waals surface area contributed by atoms with Crippen molar-refractivity contribution in [2.75, 3.05) is 0 Å². The van der Waals surface area contributed by atoms with Gasteiger partial charge in [-0.25, -0.2) is 0 Å². The lowest BCUT2D eigenvalue weighted by molar-refractivity contribution is -0.137. The SMILES string of the molecule is CC(=O)N[C@@H](c1cccc(C(F)(F)F)c1)C1CC1. The minimum Gasteiger partial charge on any atom is -0.349 e. The lowest BCUT2D eigenvalue weighted by atomic mass is 10.00. The molecule has 2 nitrogen and oxygen atoms in total. The van der Waals surface area contributed by atoms with Gasteiger partial charge in [0.15, 0.2) is 0 Å². The molecule has 1 saturated carbocycles. The number of nitrogens with one attached hydrogen (secondary N) is 1. The van der Waals surface area contributed by atoms with Crippen molar-refractivity contribution in [3.05, 3.63) is 35.4 Å². The second-order valence-corrected chi connectivity index (χ2v) is 4.64. The van der Waals surface area contributed by atoms with Crippen LogP contribution in [0.1, 0.15) is 36.9 Å². The number of rotatable bonds is 3. The molecule has 5 heteroatoms. The van der Waals surface area contributed by atoms with Crippen LogP contribution >= 0.6 is 0 Å². The van der Waals surface area contributed by atoms with Crippen LogP contribution in [0.4, 0.5) is 13.2 Å². The Kier molecular flexibility index (Phi) is 3.32. The van der Waals surface area contributed by atoms with E-state index in [1.807, 2.05) is 0 Å². The molecule has 0 aliphatic heterocycles. The fourth-order valence-electron chi connectivity index (χ4n) is 2.03. The number of halogens is 3. The highest BCUT2D eigenvalue weighted by atomic mass is 19.4. The average Bonchev–Trinajstić information content (AvgIpc) is 3.08. The smallest absolute Gasteiger partial charge is 0.349 e. The van der Waals surface area contributed by atoms with Crippen molar-refractivity contribution in [3.8, 4) is 0 Å². The van der Waals surface area contributed by atoms with E-state index in [2.05, 4.69) is 5.32 Å². The first-order valence-electron chi connectivity index (χ1n) is 5.82. The van der Waals surface area contributed by atoms with Crippen LogP contribution in [-0.4, -0.2) is 5.91 Å². The Labute approximate surface area is 103 Å². The summed E-state index contributed by atoms with van der Waals surface area (Å²) in [6, 6.07) is 4.88. The van der Waals surface area contributed by atoms with Crippen molar-refractivity contribution < 1.29 is 18.0 Å². The van der Waals surface area contributed by atoms with Gasteiger partial charge in [-0.3, -0.25) is 4.79 Å². The van der Waals surface area contributed by atoms with Gasteiger partial charge in [0, 0.05) is 6.92 Å². The number of hydrogen-bond donors (Lipinski definition) is 1. The van der Waals surface area contributed by atoms with Gasteiger partial charge < -0.3 is 5.32 Å². The molecule has 0 aromatic heterocycles. The van der Waals surface area contributed by atoms with E-state index < -0.39 is 11.7 Å². The van der Waals surface area contributed by atoms with Gasteiger partial charge in [-0.1, -0.05) is 12.1 Å². The predicted molar refractivity (Wildman–Crippen MR) is 60.7 cm³/mol. The van der Waals surface area contributed by atoms with E-state index in [4.69, 9.17) is 0 Å². The van der Waals surface area contributed by atoms with Gasteiger partial charge in [0.1, 0.15) is 0 Å². The van der Waals surface area contributed by atoms with E-state index in [1.54, 1.807) is 6.07 Å². The molecular weight excluding hydrogens is 243 g/mol. The monoisotopic (exact) mass is 257 g/mol. The first kappa shape index (κ1) is 12.9. The Morgan fingerprint density at radius 1 is 1.39 bits per heavy atom. The molecule has 0 radical (unpaired) electrons. The van der Waals surface area contributed by atoms with Gasteiger partial charge in [0.2, 0.25) is 5.91 Å². The molecule has 1 N–H and O–H groups in total. The fraction of sp³-hybridized carbons (Fsp3) is 0.462. The summed E-state index contributed by atoms with van der Waals surface area (Å²) in [5.74, 6) is 0.0432. The third-order valence-corrected chi connectivity index (χ3v) is 3.03. The second-order valence-electron chi connectivity index (χ2n) is 4.64. The normalized spacial score (nSPS) is 17.3. The highest BCUT2D eigenvalue weighted by Gasteiger charge is 2.35. The maximum atomic E-state index is 12.6. The lowest BCUT2D eigenvalue weighted by Gasteiger charge is -2.19. The molecule has 2 rings (SSSR count). The first-order valence-corrected chi connectivity index (χ1v) is 5.82. The maximum Gasteiger partial charge on any atom is 0.416 e. The minimum absolute atomic E-state index is 0.218. The lowest BCUT2D eigenvalue weighted by Crippen LogP contribution is -2.27. The molecule has 98 valence electrons. The highest BCUT2D eigenvalue weighted by molar-refractivity contribution is 5.73. The molecule has 0 heterocycles. The summed E-state index contributed by atoms with van der Waals surface area (Å²) in [4.78, 5) is 11.1. The second kappa shape index (κ2) is 4.63. The van der Waals surface area contributed by atoms with E-state index in [9.17, 15) is 18.0 Å². The Morgan fingerprint density at radius 2 is 2.06 bits per heavy atom. The van der Waals surface area contributed by atoms with Crippen LogP contribution in [0, 0.1) is 5.92 Å². The van der Waals surface area contributed by atoms with E-state index in [0.29, 0.717) is 5.56 Å². The summed E-state index contributed by atoms with van der Waals surface area (Å²) in [6.45, 7) is 1.38. The van der Waals surface area contributed by atoms with Crippen molar-refractivity contribution in [1.82, 2.24) is 5.32 Å². The van der Waals surface area contributed by atoms with E-state index in [-0.39, 0.29) is 17.9 Å². The quantitative estimate of drug-likeness (QED) is 0.884. The molecule has 1 aromatic rings. The summed E-state index contributed by atoms with van der Waals surface area (Å²) in [5, 5.41) is 2.73. The minimum atomic E-state index is -4.35. The zero-order valence-corrected chi connectivity index (χ0v) is 9.92. The van der Waals surface area contributed by atoms with Crippen molar-refractivity contribution in [2.45, 2.75) is 32.0 Å². The van der Waals surface area contributed by atoms with Gasteiger partial charge in [-0.15, -0.1) is 0 Å². The molecule has 0 spiro atoms. The van der Waals surface area contributed by atoms with Crippen LogP contribution < -0.4 is 5.32 Å². The van der Waals surface area contributed by atoms with Gasteiger partial charge in [0.25, 0.3) is 0 Å². The maximum absolute atomic E-state index is 12.6. The van der Waals surface area contributed by atoms with E-state index in [0.717, 1.165) is 25.0 Å². The third kappa shape index (κ3) is 3.03. The Hall–Kier alpha value is -1.52. The molecule has 0 saturated heterocycles. The number of benzene rings is 1. The van der Waals surface area contributed by atoms with E-state index >= 15 is 0 Å². The summed E-state index contributed by atoms with van der Waals surface area (Å²) < 4.78 is 37.9. The zero-order chi connectivity index (χ0) is 13.3. The molecule has 1 aliphatic rings. The van der Waals surface area contributed by atoms with Crippen LogP contribution in [0.3, 0.4) is 0 Å². The Balaban J connectivity index is 2.27. The number of amides is 1. The number of carbonyl (C=O) groups excluding carboxylic acids is 1. The van der Waals surface area contributed by atoms with Gasteiger partial charge in [-0.05, 0) is 36.5 Å². The summed E-state index contributed by atoms with van der Waals surface area (Å²) in [6.07, 6.45) is -2.46. The van der Waals surface area contributed by atoms with E-state index in [1.165, 1.54) is 13.0 Å². The van der Waals surface area contributed by atoms with Crippen LogP contribution in [-0.2, 0) is 11.0 Å². The van der Waals surface area contributed by atoms with Gasteiger partial charge in [-0.2, -0.15) is 13.2 Å². The first-order chi connectivity index (χ1) is 8.38. The van der Waals surface area contributed by atoms with Crippen LogP contribution in [0.25, 0.3) is 0 Å². The standard InChI is InChI=1S/C13H14F3NO/c1-8(18)17-12(9-5-6-9)10-3-2-4-11(7-10)13(14,15)16/h2-4,7,9,12H,5-6H2,1H3,(H,17,18)/t12-/m1/s1. The largest absolute Gasteiger partial charge is 0.416 e. The zero-order valence-electron chi connectivity index (χ0n) is 9.92. The molecule has 0 bridgehead atoms. The topological polar surface area (TPSA) is 29.1 Å². The van der Waals surface area contributed by atoms with Gasteiger partial charge in [0.05, 0.1) is 11.6 Å². The third-order valence-electron chi connectivity index (χ3n) is 3.03. The predicted octanol–water partition coefficient (Wildman–Crippen LogP) is 3.29. The highest BCUT2D eigenvalue weighted by Crippen LogP contribution is 2.42. The van der Waals surface area contributed by atoms with Crippen LogP contribution in [0.5, 0.6) is 0 Å². The summed E-state index contributed by atoms with van der Waals surface area (Å²) in [5.41, 5.74) is -0.140. The molecule has 18 heavy (non-hydrogen) atoms. The van der Waals surface area contributed by atoms with Crippen LogP contribution in [0.2, 0.25) is 0 Å². The van der Waals surface area contributed by atoms with Crippen molar-refractivity contribution in [2.24, 2.45) is 5.92 Å². The van der Waals surface area contributed by atoms with Crippen LogP contribution in [0.15, 0.2) is 24.3 Å². The molecule has 1 atom stereocenters. The van der Waals surface area contributed by atoms with Gasteiger partial charge >= 0.3 is 6.18 Å². The molecule has 0 unspecified atom stereocenters. The number of carbonyl (C=O) groups is 1. The molecule has 1 fully saturated rings. The molecule has 1 aliphatic carbocycles. The fourth-order valence-corrected chi connectivity index (χ4v) is 2.03. The van der Waals surface area contributed by atoms with Crippen molar-refractivity contribution >= 4 is 5.91 Å².